The minimum absolute atomic E-state index is 0.163. The van der Waals surface area contributed by atoms with E-state index in [9.17, 15) is 24.4 Å². The number of aromatic amines is 1. The summed E-state index contributed by atoms with van der Waals surface area (Å²) in [5.41, 5.74) is -1.43. The van der Waals surface area contributed by atoms with E-state index in [1.165, 1.54) is 0 Å². The van der Waals surface area contributed by atoms with Gasteiger partial charge in [0.05, 0.1) is 7.98 Å². The molecular formula is C19H18FN2O9P. The maximum Gasteiger partial charge on any atom is 0.530 e. The second kappa shape index (κ2) is 7.97. The molecular weight excluding hydrogens is 450 g/mol. The molecule has 1 saturated heterocycles. The van der Waals surface area contributed by atoms with Crippen LogP contribution in [-0.2, 0) is 25.0 Å². The summed E-state index contributed by atoms with van der Waals surface area (Å²) in [6.45, 7) is 0.222. The molecule has 2 aliphatic heterocycles. The van der Waals surface area contributed by atoms with E-state index < -0.39 is 55.5 Å². The molecule has 0 aliphatic carbocycles. The molecule has 3 N–H and O–H groups in total. The average molecular weight is 469 g/mol. The summed E-state index contributed by atoms with van der Waals surface area (Å²) >= 11 is 0. The SMILES string of the molecule is [2H][C@@]1(n2cc(C#C)c(=O)[nH]c2=O)O[C@](F)(COP2(=O)OCc3cccc(C)c3O2)[C@@H](O)[C@H]1O. The third kappa shape index (κ3) is 3.80. The van der Waals surface area contributed by atoms with Crippen molar-refractivity contribution in [2.75, 3.05) is 6.61 Å². The van der Waals surface area contributed by atoms with E-state index in [4.69, 9.17) is 26.1 Å². The zero-order chi connectivity index (χ0) is 24.2. The Morgan fingerprint density at radius 3 is 2.97 bits per heavy atom. The zero-order valence-electron chi connectivity index (χ0n) is 17.5. The first-order chi connectivity index (χ1) is 15.4. The number of aliphatic hydroxyl groups excluding tert-OH is 2. The van der Waals surface area contributed by atoms with Gasteiger partial charge >= 0.3 is 13.5 Å². The smallest absolute Gasteiger partial charge is 0.403 e. The largest absolute Gasteiger partial charge is 0.530 e. The molecule has 5 atom stereocenters. The quantitative estimate of drug-likeness (QED) is 0.429. The van der Waals surface area contributed by atoms with E-state index in [-0.39, 0.29) is 12.4 Å². The molecule has 0 radical (unpaired) electrons. The summed E-state index contributed by atoms with van der Waals surface area (Å²) in [5.74, 6) is -1.14. The van der Waals surface area contributed by atoms with Crippen molar-refractivity contribution in [1.82, 2.24) is 9.55 Å². The van der Waals surface area contributed by atoms with Gasteiger partial charge < -0.3 is 19.5 Å². The number of aryl methyl sites for hydroxylation is 1. The van der Waals surface area contributed by atoms with Crippen LogP contribution < -0.4 is 15.8 Å². The molecule has 3 heterocycles. The van der Waals surface area contributed by atoms with Gasteiger partial charge in [-0.2, -0.15) is 0 Å². The number of alkyl halides is 1. The molecule has 1 unspecified atom stereocenters. The van der Waals surface area contributed by atoms with Gasteiger partial charge in [-0.1, -0.05) is 24.1 Å². The van der Waals surface area contributed by atoms with Crippen LogP contribution in [0.2, 0.25) is 0 Å². The number of H-pyrrole nitrogens is 1. The third-order valence-corrected chi connectivity index (χ3v) is 6.19. The number of halogens is 1. The number of aliphatic hydroxyl groups is 2. The van der Waals surface area contributed by atoms with E-state index in [1.54, 1.807) is 30.1 Å². The number of para-hydroxylation sites is 1. The fourth-order valence-electron chi connectivity index (χ4n) is 3.18. The Morgan fingerprint density at radius 1 is 1.50 bits per heavy atom. The number of ether oxygens (including phenoxy) is 1. The molecule has 0 bridgehead atoms. The first-order valence-electron chi connectivity index (χ1n) is 9.68. The Morgan fingerprint density at radius 2 is 2.25 bits per heavy atom. The molecule has 4 rings (SSSR count). The molecule has 1 aromatic heterocycles. The number of rotatable bonds is 4. The van der Waals surface area contributed by atoms with Gasteiger partial charge in [0.25, 0.3) is 11.4 Å². The summed E-state index contributed by atoms with van der Waals surface area (Å²) in [7, 11) is -4.37. The molecule has 2 aromatic rings. The van der Waals surface area contributed by atoms with E-state index in [0.717, 1.165) is 0 Å². The van der Waals surface area contributed by atoms with Crippen LogP contribution in [0.25, 0.3) is 0 Å². The maximum absolute atomic E-state index is 15.5. The first kappa shape index (κ1) is 21.1. The molecule has 2 aliphatic rings. The number of benzene rings is 1. The molecule has 0 saturated carbocycles. The zero-order valence-corrected chi connectivity index (χ0v) is 17.4. The fourth-order valence-corrected chi connectivity index (χ4v) is 4.48. The minimum Gasteiger partial charge on any atom is -0.403 e. The molecule has 1 fully saturated rings. The van der Waals surface area contributed by atoms with E-state index >= 15 is 4.39 Å². The van der Waals surface area contributed by atoms with Gasteiger partial charge in [-0.3, -0.25) is 23.4 Å². The summed E-state index contributed by atoms with van der Waals surface area (Å²) < 4.78 is 57.3. The highest BCUT2D eigenvalue weighted by Gasteiger charge is 2.57. The fraction of sp³-hybridized carbons (Fsp3) is 0.368. The molecule has 13 heteroatoms. The Kier molecular flexibility index (Phi) is 5.25. The number of hydrogen-bond donors (Lipinski definition) is 3. The van der Waals surface area contributed by atoms with Gasteiger partial charge in [0.15, 0.2) is 6.20 Å². The second-order valence-corrected chi connectivity index (χ2v) is 8.67. The van der Waals surface area contributed by atoms with Gasteiger partial charge in [0.1, 0.15) is 30.1 Å². The number of nitrogens with one attached hydrogen (secondary N) is 1. The number of aromatic nitrogens is 2. The lowest BCUT2D eigenvalue weighted by Crippen LogP contribution is -2.43. The Hall–Kier alpha value is -2.78. The van der Waals surface area contributed by atoms with Crippen LogP contribution in [0.5, 0.6) is 5.75 Å². The number of hydrogen-bond acceptors (Lipinski definition) is 9. The molecule has 0 amide bonds. The van der Waals surface area contributed by atoms with Crippen LogP contribution >= 0.6 is 7.82 Å². The second-order valence-electron chi connectivity index (χ2n) is 7.08. The van der Waals surface area contributed by atoms with Crippen molar-refractivity contribution in [3.05, 3.63) is 61.9 Å². The van der Waals surface area contributed by atoms with Gasteiger partial charge in [-0.25, -0.2) is 13.8 Å². The van der Waals surface area contributed by atoms with E-state index in [0.29, 0.717) is 21.9 Å². The summed E-state index contributed by atoms with van der Waals surface area (Å²) in [6, 6.07) is 5.09. The van der Waals surface area contributed by atoms with Crippen LogP contribution in [0.3, 0.4) is 0 Å². The lowest BCUT2D eigenvalue weighted by atomic mass is 10.1. The molecule has 11 nitrogen and oxygen atoms in total. The number of fused-ring (bicyclic) bond motifs is 1. The number of phosphoric ester groups is 1. The van der Waals surface area contributed by atoms with Crippen molar-refractivity contribution < 1.29 is 38.8 Å². The monoisotopic (exact) mass is 469 g/mol. The summed E-state index contributed by atoms with van der Waals surface area (Å²) in [4.78, 5) is 25.6. The van der Waals surface area contributed by atoms with Crippen molar-refractivity contribution in [2.45, 2.75) is 37.8 Å². The summed E-state index contributed by atoms with van der Waals surface area (Å²) in [5, 5.41) is 20.6. The van der Waals surface area contributed by atoms with Gasteiger partial charge in [0, 0.05) is 11.8 Å². The van der Waals surface area contributed by atoms with Gasteiger partial charge in [0.2, 0.25) is 0 Å². The molecule has 32 heavy (non-hydrogen) atoms. The van der Waals surface area contributed by atoms with E-state index in [1.807, 2.05) is 5.92 Å². The minimum atomic E-state index is -4.37. The Balaban J connectivity index is 1.60. The van der Waals surface area contributed by atoms with Crippen molar-refractivity contribution in [2.24, 2.45) is 0 Å². The Labute approximate surface area is 181 Å². The summed E-state index contributed by atoms with van der Waals surface area (Å²) in [6.07, 6.45) is -1.88. The normalized spacial score (nSPS) is 34.3. The predicted molar refractivity (Wildman–Crippen MR) is 105 cm³/mol. The lowest BCUT2D eigenvalue weighted by Gasteiger charge is -2.29. The molecule has 170 valence electrons. The van der Waals surface area contributed by atoms with Crippen LogP contribution in [0, 0.1) is 19.3 Å². The van der Waals surface area contributed by atoms with Crippen LogP contribution in [0.4, 0.5) is 4.39 Å². The van der Waals surface area contributed by atoms with Crippen molar-refractivity contribution >= 4 is 7.82 Å². The van der Waals surface area contributed by atoms with Crippen LogP contribution in [-0.4, -0.2) is 44.4 Å². The average Bonchev–Trinajstić information content (AvgIpc) is 2.94. The van der Waals surface area contributed by atoms with Crippen molar-refractivity contribution in [3.8, 4) is 18.1 Å². The van der Waals surface area contributed by atoms with Crippen LogP contribution in [0.1, 0.15) is 24.3 Å². The third-order valence-electron chi connectivity index (χ3n) is 4.90. The Bertz CT molecular complexity index is 1320. The molecule has 1 aromatic carbocycles. The molecule has 0 spiro atoms. The first-order valence-corrected chi connectivity index (χ1v) is 10.6. The lowest BCUT2D eigenvalue weighted by molar-refractivity contribution is -0.205. The predicted octanol–water partition coefficient (Wildman–Crippen LogP) is 0.477. The van der Waals surface area contributed by atoms with Crippen LogP contribution in [0.15, 0.2) is 34.0 Å². The topological polar surface area (TPSA) is 149 Å². The van der Waals surface area contributed by atoms with Crippen molar-refractivity contribution in [1.29, 1.82) is 0 Å². The van der Waals surface area contributed by atoms with Crippen molar-refractivity contribution in [3.63, 3.8) is 0 Å². The van der Waals surface area contributed by atoms with E-state index in [2.05, 4.69) is 0 Å². The number of terminal acetylenes is 1. The number of phosphoric acid groups is 1. The maximum atomic E-state index is 15.5. The standard InChI is InChI=1S/C19H18FN2O9P/c1-3-11-7-22(18(26)21-16(11)25)17-13(23)15(24)19(20,30-17)9-29-32(27)28-8-12-6-4-5-10(2)14(12)31-32/h1,4-7,13,15,17,23-24H,8-9H2,2H3,(H,21,25,26)/t13-,15+,17-,19-,32?/m1/s1/i17D. The number of nitrogens with zero attached hydrogens (tertiary/aromatic N) is 1. The van der Waals surface area contributed by atoms with Gasteiger partial charge in [-0.05, 0) is 12.5 Å². The van der Waals surface area contributed by atoms with Gasteiger partial charge in [-0.15, -0.1) is 6.42 Å². The highest BCUT2D eigenvalue weighted by atomic mass is 31.2. The highest BCUT2D eigenvalue weighted by Crippen LogP contribution is 2.56. The highest BCUT2D eigenvalue weighted by molar-refractivity contribution is 7.49.